The summed E-state index contributed by atoms with van der Waals surface area (Å²) in [6, 6.07) is 0. The van der Waals surface area contributed by atoms with Crippen molar-refractivity contribution in [2.75, 3.05) is 26.3 Å². The van der Waals surface area contributed by atoms with Gasteiger partial charge < -0.3 is 20.3 Å². The first-order valence-electron chi connectivity index (χ1n) is 4.40. The molecular formula is C9H17NO4. The van der Waals surface area contributed by atoms with Crippen molar-refractivity contribution in [1.29, 1.82) is 0 Å². The zero-order valence-corrected chi connectivity index (χ0v) is 8.32. The molecule has 3 N–H and O–H groups in total. The zero-order valence-electron chi connectivity index (χ0n) is 8.32. The van der Waals surface area contributed by atoms with Gasteiger partial charge in [0.15, 0.2) is 0 Å². The fraction of sp³-hybridized carbons (Fsp3) is 0.667. The lowest BCUT2D eigenvalue weighted by Gasteiger charge is -2.08. The highest BCUT2D eigenvalue weighted by molar-refractivity contribution is 5.86. The summed E-state index contributed by atoms with van der Waals surface area (Å²) < 4.78 is 4.77. The lowest BCUT2D eigenvalue weighted by atomic mass is 10.3. The van der Waals surface area contributed by atoms with Crippen LogP contribution in [0.1, 0.15) is 6.92 Å². The van der Waals surface area contributed by atoms with Crippen LogP contribution in [0.4, 0.5) is 0 Å². The third-order valence-electron chi connectivity index (χ3n) is 1.45. The number of carbonyl (C=O) groups is 1. The van der Waals surface area contributed by atoms with Crippen LogP contribution in [0.25, 0.3) is 0 Å². The second-order valence-corrected chi connectivity index (χ2v) is 2.96. The van der Waals surface area contributed by atoms with E-state index in [1.807, 2.05) is 0 Å². The summed E-state index contributed by atoms with van der Waals surface area (Å²) in [7, 11) is 0. The normalized spacial score (nSPS) is 12.2. The van der Waals surface area contributed by atoms with Crippen LogP contribution in [-0.4, -0.2) is 48.6 Å². The Morgan fingerprint density at radius 1 is 1.64 bits per heavy atom. The number of rotatable bonds is 7. The quantitative estimate of drug-likeness (QED) is 0.282. The minimum absolute atomic E-state index is 0.226. The highest BCUT2D eigenvalue weighted by atomic mass is 16.5. The van der Waals surface area contributed by atoms with Crippen molar-refractivity contribution >= 4 is 5.97 Å². The molecule has 0 aromatic heterocycles. The Kier molecular flexibility index (Phi) is 7.00. The van der Waals surface area contributed by atoms with Gasteiger partial charge in [-0.15, -0.1) is 0 Å². The fourth-order valence-corrected chi connectivity index (χ4v) is 0.672. The van der Waals surface area contributed by atoms with Crippen LogP contribution in [0.15, 0.2) is 12.2 Å². The molecule has 0 aliphatic rings. The van der Waals surface area contributed by atoms with Crippen molar-refractivity contribution in [2.24, 2.45) is 0 Å². The van der Waals surface area contributed by atoms with Crippen LogP contribution in [0.3, 0.4) is 0 Å². The van der Waals surface area contributed by atoms with Crippen LogP contribution in [0.5, 0.6) is 0 Å². The third-order valence-corrected chi connectivity index (χ3v) is 1.45. The van der Waals surface area contributed by atoms with Gasteiger partial charge in [-0.05, 0) is 6.92 Å². The Morgan fingerprint density at radius 3 is 2.79 bits per heavy atom. The molecule has 0 saturated carbocycles. The molecule has 0 saturated heterocycles. The van der Waals surface area contributed by atoms with E-state index in [2.05, 4.69) is 11.9 Å². The number of esters is 1. The minimum Gasteiger partial charge on any atom is -0.461 e. The van der Waals surface area contributed by atoms with Crippen molar-refractivity contribution in [3.05, 3.63) is 12.2 Å². The van der Waals surface area contributed by atoms with E-state index in [-0.39, 0.29) is 19.8 Å². The summed E-state index contributed by atoms with van der Waals surface area (Å²) in [6.07, 6.45) is -0.771. The molecule has 0 fully saturated rings. The molecule has 1 unspecified atom stereocenters. The lowest BCUT2D eigenvalue weighted by molar-refractivity contribution is -0.138. The average Bonchev–Trinajstić information content (AvgIpc) is 2.16. The number of nitrogens with one attached hydrogen (secondary N) is 1. The third kappa shape index (κ3) is 6.59. The van der Waals surface area contributed by atoms with Crippen LogP contribution < -0.4 is 5.32 Å². The number of carbonyl (C=O) groups excluding carboxylic acids is 1. The molecule has 1 atom stereocenters. The largest absolute Gasteiger partial charge is 0.461 e. The monoisotopic (exact) mass is 203 g/mol. The zero-order chi connectivity index (χ0) is 11.0. The van der Waals surface area contributed by atoms with E-state index in [4.69, 9.17) is 14.9 Å². The maximum Gasteiger partial charge on any atom is 0.333 e. The molecule has 0 amide bonds. The first-order valence-corrected chi connectivity index (χ1v) is 4.40. The van der Waals surface area contributed by atoms with Crippen LogP contribution in [0.2, 0.25) is 0 Å². The number of hydrogen-bond donors (Lipinski definition) is 3. The van der Waals surface area contributed by atoms with E-state index in [9.17, 15) is 4.79 Å². The van der Waals surface area contributed by atoms with E-state index in [0.29, 0.717) is 12.1 Å². The maximum atomic E-state index is 10.9. The average molecular weight is 203 g/mol. The Balaban J connectivity index is 3.30. The number of aliphatic hydroxyl groups excluding tert-OH is 2. The van der Waals surface area contributed by atoms with Gasteiger partial charge in [0.1, 0.15) is 6.61 Å². The lowest BCUT2D eigenvalue weighted by Crippen LogP contribution is -2.32. The van der Waals surface area contributed by atoms with Gasteiger partial charge in [0.25, 0.3) is 0 Å². The highest BCUT2D eigenvalue weighted by Gasteiger charge is 2.03. The Morgan fingerprint density at radius 2 is 2.29 bits per heavy atom. The molecule has 0 radical (unpaired) electrons. The molecule has 0 rings (SSSR count). The van der Waals surface area contributed by atoms with Crippen LogP contribution >= 0.6 is 0 Å². The van der Waals surface area contributed by atoms with Gasteiger partial charge >= 0.3 is 5.97 Å². The molecule has 14 heavy (non-hydrogen) atoms. The van der Waals surface area contributed by atoms with Crippen molar-refractivity contribution in [3.8, 4) is 0 Å². The minimum atomic E-state index is -0.771. The molecule has 0 aliphatic heterocycles. The van der Waals surface area contributed by atoms with Crippen molar-refractivity contribution in [2.45, 2.75) is 13.0 Å². The predicted molar refractivity (Wildman–Crippen MR) is 51.7 cm³/mol. The van der Waals surface area contributed by atoms with Gasteiger partial charge in [-0.25, -0.2) is 4.79 Å². The van der Waals surface area contributed by atoms with Gasteiger partial charge in [0, 0.05) is 18.7 Å². The van der Waals surface area contributed by atoms with E-state index < -0.39 is 12.1 Å². The number of aliphatic hydroxyl groups is 2. The molecule has 0 aromatic carbocycles. The summed E-state index contributed by atoms with van der Waals surface area (Å²) in [5, 5.41) is 20.2. The van der Waals surface area contributed by atoms with Crippen LogP contribution in [0, 0.1) is 0 Å². The molecule has 0 aliphatic carbocycles. The Labute approximate surface area is 83.4 Å². The summed E-state index contributed by atoms with van der Waals surface area (Å²) in [5.74, 6) is -0.422. The molecule has 0 heterocycles. The second kappa shape index (κ2) is 7.49. The topological polar surface area (TPSA) is 78.8 Å². The molecule has 0 spiro atoms. The number of hydrogen-bond acceptors (Lipinski definition) is 5. The van der Waals surface area contributed by atoms with E-state index in [0.717, 1.165) is 0 Å². The SMILES string of the molecule is C=C(C)C(=O)OCCNCC(O)CO. The standard InChI is InChI=1S/C9H17NO4/c1-7(2)9(13)14-4-3-10-5-8(12)6-11/h8,10-12H,1,3-6H2,2H3. The van der Waals surface area contributed by atoms with Crippen molar-refractivity contribution < 1.29 is 19.7 Å². The maximum absolute atomic E-state index is 10.9. The molecule has 0 aromatic rings. The Hall–Kier alpha value is -0.910. The van der Waals surface area contributed by atoms with E-state index in [1.54, 1.807) is 6.92 Å². The second-order valence-electron chi connectivity index (χ2n) is 2.96. The van der Waals surface area contributed by atoms with Gasteiger partial charge in [-0.3, -0.25) is 0 Å². The molecule has 5 heteroatoms. The van der Waals surface area contributed by atoms with E-state index in [1.165, 1.54) is 0 Å². The van der Waals surface area contributed by atoms with Crippen molar-refractivity contribution in [1.82, 2.24) is 5.32 Å². The van der Waals surface area contributed by atoms with E-state index >= 15 is 0 Å². The Bertz CT molecular complexity index is 193. The van der Waals surface area contributed by atoms with Gasteiger partial charge in [0.05, 0.1) is 12.7 Å². The molecular weight excluding hydrogens is 186 g/mol. The highest BCUT2D eigenvalue weighted by Crippen LogP contribution is 1.90. The van der Waals surface area contributed by atoms with Crippen molar-refractivity contribution in [3.63, 3.8) is 0 Å². The molecule has 0 bridgehead atoms. The number of ether oxygens (including phenoxy) is 1. The van der Waals surface area contributed by atoms with Gasteiger partial charge in [0.2, 0.25) is 0 Å². The molecule has 5 nitrogen and oxygen atoms in total. The first kappa shape index (κ1) is 13.1. The van der Waals surface area contributed by atoms with Gasteiger partial charge in [-0.1, -0.05) is 6.58 Å². The summed E-state index contributed by atoms with van der Waals surface area (Å²) in [4.78, 5) is 10.9. The van der Waals surface area contributed by atoms with Crippen LogP contribution in [-0.2, 0) is 9.53 Å². The molecule has 82 valence electrons. The predicted octanol–water partition coefficient (Wildman–Crippen LogP) is -0.952. The summed E-state index contributed by atoms with van der Waals surface area (Å²) >= 11 is 0. The summed E-state index contributed by atoms with van der Waals surface area (Å²) in [5.41, 5.74) is 0.361. The first-order chi connectivity index (χ1) is 6.57. The summed E-state index contributed by atoms with van der Waals surface area (Å²) in [6.45, 7) is 5.67. The fourth-order valence-electron chi connectivity index (χ4n) is 0.672. The van der Waals surface area contributed by atoms with Gasteiger partial charge in [-0.2, -0.15) is 0 Å². The smallest absolute Gasteiger partial charge is 0.333 e.